The van der Waals surface area contributed by atoms with Gasteiger partial charge in [0, 0.05) is 12.0 Å². The average Bonchev–Trinajstić information content (AvgIpc) is 2.42. The first-order chi connectivity index (χ1) is 9.30. The van der Waals surface area contributed by atoms with Gasteiger partial charge in [-0.2, -0.15) is 0 Å². The maximum Gasteiger partial charge on any atom is 0.141 e. The van der Waals surface area contributed by atoms with E-state index in [9.17, 15) is 9.50 Å². The molecule has 1 saturated carbocycles. The van der Waals surface area contributed by atoms with Crippen molar-refractivity contribution in [1.82, 2.24) is 0 Å². The highest BCUT2D eigenvalue weighted by Gasteiger charge is 2.43. The molecule has 20 heavy (non-hydrogen) atoms. The summed E-state index contributed by atoms with van der Waals surface area (Å²) >= 11 is 5.81. The number of aliphatic hydroxyl groups excluding tert-OH is 1. The Bertz CT molecular complexity index is 479. The van der Waals surface area contributed by atoms with E-state index in [2.05, 4.69) is 13.8 Å². The summed E-state index contributed by atoms with van der Waals surface area (Å²) in [6.45, 7) is 4.92. The van der Waals surface area contributed by atoms with Gasteiger partial charge in [0.2, 0.25) is 0 Å². The third kappa shape index (κ3) is 3.00. The number of halogens is 2. The molecule has 4 heteroatoms. The second kappa shape index (κ2) is 5.63. The first kappa shape index (κ1) is 15.7. The highest BCUT2D eigenvalue weighted by molar-refractivity contribution is 6.30. The molecule has 0 aliphatic heterocycles. The Hall–Kier alpha value is -0.640. The topological polar surface area (TPSA) is 46.2 Å². The van der Waals surface area contributed by atoms with Crippen molar-refractivity contribution in [1.29, 1.82) is 0 Å². The van der Waals surface area contributed by atoms with Crippen LogP contribution in [0, 0.1) is 16.6 Å². The van der Waals surface area contributed by atoms with Gasteiger partial charge >= 0.3 is 0 Å². The third-order valence-corrected chi connectivity index (χ3v) is 5.13. The summed E-state index contributed by atoms with van der Waals surface area (Å²) in [7, 11) is 0. The number of hydrogen-bond donors (Lipinski definition) is 2. The number of rotatable bonds is 3. The van der Waals surface area contributed by atoms with Crippen LogP contribution in [-0.4, -0.2) is 11.7 Å². The van der Waals surface area contributed by atoms with Gasteiger partial charge in [-0.1, -0.05) is 31.5 Å². The summed E-state index contributed by atoms with van der Waals surface area (Å²) in [5.41, 5.74) is 6.60. The molecule has 0 radical (unpaired) electrons. The summed E-state index contributed by atoms with van der Waals surface area (Å²) in [6, 6.07) is 4.42. The largest absolute Gasteiger partial charge is 0.388 e. The van der Waals surface area contributed by atoms with Gasteiger partial charge in [-0.3, -0.25) is 0 Å². The fourth-order valence-corrected chi connectivity index (χ4v) is 3.24. The van der Waals surface area contributed by atoms with Crippen LogP contribution in [-0.2, 0) is 0 Å². The molecule has 1 aliphatic carbocycles. The molecule has 2 rings (SSSR count). The maximum atomic E-state index is 13.2. The van der Waals surface area contributed by atoms with Crippen LogP contribution >= 0.6 is 11.6 Å². The molecular formula is C16H23ClFNO. The summed E-state index contributed by atoms with van der Waals surface area (Å²) in [5, 5.41) is 10.8. The first-order valence-corrected chi connectivity index (χ1v) is 7.51. The molecule has 0 aromatic heterocycles. The monoisotopic (exact) mass is 299 g/mol. The molecule has 0 spiro atoms. The van der Waals surface area contributed by atoms with Crippen molar-refractivity contribution in [2.45, 2.75) is 45.6 Å². The second-order valence-corrected chi connectivity index (χ2v) is 7.21. The molecule has 1 unspecified atom stereocenters. The summed E-state index contributed by atoms with van der Waals surface area (Å²) < 4.78 is 13.2. The fraction of sp³-hybridized carbons (Fsp3) is 0.625. The molecule has 1 atom stereocenters. The van der Waals surface area contributed by atoms with Crippen molar-refractivity contribution in [3.63, 3.8) is 0 Å². The summed E-state index contributed by atoms with van der Waals surface area (Å²) in [5.74, 6) is -0.464. The average molecular weight is 300 g/mol. The predicted molar refractivity (Wildman–Crippen MR) is 80.1 cm³/mol. The third-order valence-electron chi connectivity index (χ3n) is 4.85. The van der Waals surface area contributed by atoms with E-state index in [1.807, 2.05) is 0 Å². The van der Waals surface area contributed by atoms with Gasteiger partial charge in [-0.05, 0) is 48.8 Å². The Morgan fingerprint density at radius 1 is 1.30 bits per heavy atom. The van der Waals surface area contributed by atoms with Gasteiger partial charge in [0.1, 0.15) is 5.82 Å². The Morgan fingerprint density at radius 2 is 1.90 bits per heavy atom. The van der Waals surface area contributed by atoms with E-state index in [-0.39, 0.29) is 10.4 Å². The van der Waals surface area contributed by atoms with Gasteiger partial charge in [0.05, 0.1) is 11.1 Å². The lowest BCUT2D eigenvalue weighted by Crippen LogP contribution is -2.41. The summed E-state index contributed by atoms with van der Waals surface area (Å²) in [4.78, 5) is 0. The van der Waals surface area contributed by atoms with Crippen molar-refractivity contribution in [3.05, 3.63) is 34.6 Å². The van der Waals surface area contributed by atoms with Crippen LogP contribution in [0.15, 0.2) is 18.2 Å². The number of benzene rings is 1. The fourth-order valence-electron chi connectivity index (χ4n) is 3.05. The molecule has 0 amide bonds. The van der Waals surface area contributed by atoms with E-state index in [0.29, 0.717) is 17.5 Å². The SMILES string of the molecule is CC1(C)CCC(CN)(C(O)c2ccc(F)c(Cl)c2)CC1. The van der Waals surface area contributed by atoms with Crippen LogP contribution in [0.1, 0.15) is 51.2 Å². The highest BCUT2D eigenvalue weighted by atomic mass is 35.5. The molecule has 3 N–H and O–H groups in total. The van der Waals surface area contributed by atoms with E-state index in [1.165, 1.54) is 12.1 Å². The van der Waals surface area contributed by atoms with E-state index in [4.69, 9.17) is 17.3 Å². The number of hydrogen-bond acceptors (Lipinski definition) is 2. The van der Waals surface area contributed by atoms with Crippen molar-refractivity contribution >= 4 is 11.6 Å². The molecular weight excluding hydrogens is 277 g/mol. The Balaban J connectivity index is 2.25. The second-order valence-electron chi connectivity index (χ2n) is 6.81. The van der Waals surface area contributed by atoms with Crippen molar-refractivity contribution < 1.29 is 9.50 Å². The standard InChI is InChI=1S/C16H23ClFNO/c1-15(2)5-7-16(10-19,8-6-15)14(20)11-3-4-13(18)12(17)9-11/h3-4,9,14,20H,5-8,10,19H2,1-2H3. The van der Waals surface area contributed by atoms with E-state index >= 15 is 0 Å². The minimum atomic E-state index is -0.693. The Morgan fingerprint density at radius 3 is 2.40 bits per heavy atom. The predicted octanol–water partition coefficient (Wildman–Crippen LogP) is 4.06. The van der Waals surface area contributed by atoms with Gasteiger partial charge in [0.15, 0.2) is 0 Å². The van der Waals surface area contributed by atoms with Gasteiger partial charge in [0.25, 0.3) is 0 Å². The van der Waals surface area contributed by atoms with Crippen molar-refractivity contribution in [2.24, 2.45) is 16.6 Å². The zero-order valence-electron chi connectivity index (χ0n) is 12.1. The van der Waals surface area contributed by atoms with Crippen molar-refractivity contribution in [2.75, 3.05) is 6.54 Å². The highest BCUT2D eigenvalue weighted by Crippen LogP contribution is 2.50. The zero-order valence-corrected chi connectivity index (χ0v) is 12.9. The number of nitrogens with two attached hydrogens (primary N) is 1. The molecule has 1 aliphatic rings. The van der Waals surface area contributed by atoms with Crippen LogP contribution in [0.25, 0.3) is 0 Å². The molecule has 0 bridgehead atoms. The summed E-state index contributed by atoms with van der Waals surface area (Å²) in [6.07, 6.45) is 3.15. The Kier molecular flexibility index (Phi) is 4.43. The smallest absolute Gasteiger partial charge is 0.141 e. The van der Waals surface area contributed by atoms with E-state index in [1.54, 1.807) is 6.07 Å². The quantitative estimate of drug-likeness (QED) is 0.884. The minimum Gasteiger partial charge on any atom is -0.388 e. The lowest BCUT2D eigenvalue weighted by molar-refractivity contribution is -0.0235. The molecule has 1 aromatic rings. The maximum absolute atomic E-state index is 13.2. The van der Waals surface area contributed by atoms with Crippen LogP contribution in [0.4, 0.5) is 4.39 Å². The van der Waals surface area contributed by atoms with Gasteiger partial charge in [-0.25, -0.2) is 4.39 Å². The first-order valence-electron chi connectivity index (χ1n) is 7.13. The minimum absolute atomic E-state index is 0.0462. The van der Waals surface area contributed by atoms with Gasteiger partial charge in [-0.15, -0.1) is 0 Å². The van der Waals surface area contributed by atoms with Gasteiger partial charge < -0.3 is 10.8 Å². The van der Waals surface area contributed by atoms with Crippen LogP contribution in [0.3, 0.4) is 0 Å². The number of aliphatic hydroxyl groups is 1. The van der Waals surface area contributed by atoms with Crippen molar-refractivity contribution in [3.8, 4) is 0 Å². The molecule has 0 saturated heterocycles. The molecule has 2 nitrogen and oxygen atoms in total. The van der Waals surface area contributed by atoms with Crippen LogP contribution < -0.4 is 5.73 Å². The molecule has 0 heterocycles. The lowest BCUT2D eigenvalue weighted by atomic mass is 9.62. The zero-order chi connectivity index (χ0) is 15.0. The molecule has 1 fully saturated rings. The van der Waals surface area contributed by atoms with Crippen LogP contribution in [0.5, 0.6) is 0 Å². The van der Waals surface area contributed by atoms with E-state index < -0.39 is 11.9 Å². The Labute approximate surface area is 125 Å². The molecule has 112 valence electrons. The normalized spacial score (nSPS) is 22.5. The molecule has 1 aromatic carbocycles. The lowest BCUT2D eigenvalue weighted by Gasteiger charge is -2.45. The van der Waals surface area contributed by atoms with E-state index in [0.717, 1.165) is 25.7 Å². The van der Waals surface area contributed by atoms with Crippen LogP contribution in [0.2, 0.25) is 5.02 Å².